The Labute approximate surface area is 101 Å². The summed E-state index contributed by atoms with van der Waals surface area (Å²) < 4.78 is 0. The predicted octanol–water partition coefficient (Wildman–Crippen LogP) is 4.01. The molecule has 0 fully saturated rings. The van der Waals surface area contributed by atoms with Crippen molar-refractivity contribution in [1.82, 2.24) is 0 Å². The van der Waals surface area contributed by atoms with E-state index in [0.29, 0.717) is 16.0 Å². The zero-order chi connectivity index (χ0) is 11.0. The molecule has 0 radical (unpaired) electrons. The zero-order valence-corrected chi connectivity index (χ0v) is 10.6. The van der Waals surface area contributed by atoms with Crippen molar-refractivity contribution < 1.29 is 0 Å². The molecule has 1 heterocycles. The second-order valence-electron chi connectivity index (χ2n) is 4.46. The summed E-state index contributed by atoms with van der Waals surface area (Å²) in [6.07, 6.45) is 1.08. The Morgan fingerprint density at radius 1 is 1.33 bits per heavy atom. The van der Waals surface area contributed by atoms with Gasteiger partial charge in [0.1, 0.15) is 0 Å². The van der Waals surface area contributed by atoms with Crippen LogP contribution in [0, 0.1) is 5.92 Å². The van der Waals surface area contributed by atoms with Gasteiger partial charge in [-0.25, -0.2) is 0 Å². The third-order valence-electron chi connectivity index (χ3n) is 2.71. The van der Waals surface area contributed by atoms with E-state index in [-0.39, 0.29) is 0 Å². The first-order chi connectivity index (χ1) is 7.09. The van der Waals surface area contributed by atoms with E-state index in [9.17, 15) is 0 Å². The molecule has 1 aliphatic heterocycles. The molecule has 15 heavy (non-hydrogen) atoms. The first-order valence-corrected chi connectivity index (χ1v) is 6.07. The maximum atomic E-state index is 6.24. The molecule has 1 aromatic rings. The lowest BCUT2D eigenvalue weighted by atomic mass is 10.1. The number of nitrogens with zero attached hydrogens (tertiary/aromatic N) is 1. The summed E-state index contributed by atoms with van der Waals surface area (Å²) in [5, 5.41) is 1.37. The van der Waals surface area contributed by atoms with Crippen LogP contribution in [0.2, 0.25) is 10.0 Å². The van der Waals surface area contributed by atoms with Gasteiger partial charge in [0.05, 0.1) is 15.7 Å². The van der Waals surface area contributed by atoms with Crippen molar-refractivity contribution in [1.29, 1.82) is 0 Å². The molecule has 0 aromatic heterocycles. The number of hydrogen-bond acceptors (Lipinski definition) is 1. The predicted molar refractivity (Wildman–Crippen MR) is 67.2 cm³/mol. The number of anilines is 1. The van der Waals surface area contributed by atoms with Crippen LogP contribution >= 0.6 is 23.2 Å². The van der Waals surface area contributed by atoms with Gasteiger partial charge in [0.25, 0.3) is 0 Å². The number of benzene rings is 1. The first-order valence-electron chi connectivity index (χ1n) is 5.31. The Balaban J connectivity index is 2.36. The van der Waals surface area contributed by atoms with Crippen LogP contribution in [0.25, 0.3) is 0 Å². The molecule has 2 rings (SSSR count). The van der Waals surface area contributed by atoms with Gasteiger partial charge in [0.2, 0.25) is 0 Å². The van der Waals surface area contributed by atoms with E-state index in [1.54, 1.807) is 0 Å². The Hall–Kier alpha value is -0.400. The van der Waals surface area contributed by atoms with Crippen LogP contribution in [0.15, 0.2) is 12.1 Å². The minimum atomic E-state index is 0.644. The smallest absolute Gasteiger partial charge is 0.0828 e. The normalized spacial score (nSPS) is 14.9. The van der Waals surface area contributed by atoms with Crippen LogP contribution in [0.5, 0.6) is 0 Å². The minimum Gasteiger partial charge on any atom is -0.369 e. The molecule has 0 saturated heterocycles. The highest BCUT2D eigenvalue weighted by Gasteiger charge is 2.23. The fraction of sp³-hybridized carbons (Fsp3) is 0.500. The Morgan fingerprint density at radius 2 is 2.07 bits per heavy atom. The van der Waals surface area contributed by atoms with Gasteiger partial charge >= 0.3 is 0 Å². The van der Waals surface area contributed by atoms with Crippen LogP contribution in [0.4, 0.5) is 5.69 Å². The van der Waals surface area contributed by atoms with Gasteiger partial charge in [-0.3, -0.25) is 0 Å². The van der Waals surface area contributed by atoms with Crippen LogP contribution in [0.3, 0.4) is 0 Å². The van der Waals surface area contributed by atoms with E-state index in [4.69, 9.17) is 23.2 Å². The first kappa shape index (κ1) is 11.1. The molecule has 1 aromatic carbocycles. The summed E-state index contributed by atoms with van der Waals surface area (Å²) in [4.78, 5) is 2.34. The van der Waals surface area contributed by atoms with Crippen molar-refractivity contribution in [3.05, 3.63) is 27.7 Å². The lowest BCUT2D eigenvalue weighted by Crippen LogP contribution is -2.25. The van der Waals surface area contributed by atoms with Crippen LogP contribution in [-0.2, 0) is 6.42 Å². The van der Waals surface area contributed by atoms with Crippen molar-refractivity contribution in [3.8, 4) is 0 Å². The number of rotatable bonds is 2. The summed E-state index contributed by atoms with van der Waals surface area (Å²) in [5.74, 6) is 0.644. The van der Waals surface area contributed by atoms with Crippen molar-refractivity contribution in [2.75, 3.05) is 18.0 Å². The van der Waals surface area contributed by atoms with Gasteiger partial charge in [-0.2, -0.15) is 0 Å². The van der Waals surface area contributed by atoms with Gasteiger partial charge in [-0.15, -0.1) is 0 Å². The highest BCUT2D eigenvalue weighted by molar-refractivity contribution is 6.43. The van der Waals surface area contributed by atoms with E-state index in [1.165, 1.54) is 5.56 Å². The van der Waals surface area contributed by atoms with Crippen LogP contribution < -0.4 is 4.90 Å². The third-order valence-corrected chi connectivity index (χ3v) is 3.50. The van der Waals surface area contributed by atoms with Crippen molar-refractivity contribution >= 4 is 28.9 Å². The topological polar surface area (TPSA) is 3.24 Å². The molecule has 0 spiro atoms. The Morgan fingerprint density at radius 3 is 2.73 bits per heavy atom. The monoisotopic (exact) mass is 243 g/mol. The molecular formula is C12H15Cl2N. The maximum absolute atomic E-state index is 6.24. The molecule has 82 valence electrons. The molecule has 0 unspecified atom stereocenters. The largest absolute Gasteiger partial charge is 0.369 e. The molecular weight excluding hydrogens is 229 g/mol. The van der Waals surface area contributed by atoms with E-state index >= 15 is 0 Å². The molecule has 0 aliphatic carbocycles. The van der Waals surface area contributed by atoms with Gasteiger partial charge in [0.15, 0.2) is 0 Å². The summed E-state index contributed by atoms with van der Waals surface area (Å²) in [6, 6.07) is 3.98. The number of hydrogen-bond donors (Lipinski definition) is 0. The summed E-state index contributed by atoms with van der Waals surface area (Å²) in [5.41, 5.74) is 2.47. The average Bonchev–Trinajstić information content (AvgIpc) is 2.55. The van der Waals surface area contributed by atoms with E-state index < -0.39 is 0 Å². The molecule has 0 saturated carbocycles. The van der Waals surface area contributed by atoms with E-state index in [0.717, 1.165) is 25.2 Å². The van der Waals surface area contributed by atoms with Gasteiger partial charge < -0.3 is 4.90 Å². The lowest BCUT2D eigenvalue weighted by molar-refractivity contribution is 0.622. The Kier molecular flexibility index (Phi) is 3.13. The molecule has 3 heteroatoms. The summed E-state index contributed by atoms with van der Waals surface area (Å²) in [6.45, 7) is 6.55. The molecule has 0 N–H and O–H groups in total. The van der Waals surface area contributed by atoms with Crippen LogP contribution in [0.1, 0.15) is 19.4 Å². The van der Waals surface area contributed by atoms with Crippen LogP contribution in [-0.4, -0.2) is 13.1 Å². The van der Waals surface area contributed by atoms with Gasteiger partial charge in [0, 0.05) is 13.1 Å². The quantitative estimate of drug-likeness (QED) is 0.759. The lowest BCUT2D eigenvalue weighted by Gasteiger charge is -2.22. The molecule has 0 amide bonds. The second-order valence-corrected chi connectivity index (χ2v) is 5.24. The average molecular weight is 244 g/mol. The molecule has 0 atom stereocenters. The SMILES string of the molecule is CC(C)CN1CCc2ccc(Cl)c(Cl)c21. The maximum Gasteiger partial charge on any atom is 0.0828 e. The Bertz CT molecular complexity index is 374. The highest BCUT2D eigenvalue weighted by atomic mass is 35.5. The molecule has 0 bridgehead atoms. The summed E-state index contributed by atoms with van der Waals surface area (Å²) in [7, 11) is 0. The fourth-order valence-electron chi connectivity index (χ4n) is 2.11. The van der Waals surface area contributed by atoms with Gasteiger partial charge in [-0.1, -0.05) is 43.1 Å². The third kappa shape index (κ3) is 2.09. The standard InChI is InChI=1S/C12H15Cl2N/c1-8(2)7-15-6-5-9-3-4-10(13)11(14)12(9)15/h3-4,8H,5-7H2,1-2H3. The van der Waals surface area contributed by atoms with Crippen molar-refractivity contribution in [3.63, 3.8) is 0 Å². The summed E-state index contributed by atoms with van der Waals surface area (Å²) >= 11 is 12.3. The van der Waals surface area contributed by atoms with E-state index in [1.807, 2.05) is 6.07 Å². The van der Waals surface area contributed by atoms with Crippen molar-refractivity contribution in [2.24, 2.45) is 5.92 Å². The number of halogens is 2. The molecule has 1 aliphatic rings. The minimum absolute atomic E-state index is 0.644. The zero-order valence-electron chi connectivity index (χ0n) is 9.06. The molecule has 1 nitrogen and oxygen atoms in total. The second kappa shape index (κ2) is 4.23. The van der Waals surface area contributed by atoms with Crippen molar-refractivity contribution in [2.45, 2.75) is 20.3 Å². The number of fused-ring (bicyclic) bond motifs is 1. The fourth-order valence-corrected chi connectivity index (χ4v) is 2.57. The van der Waals surface area contributed by atoms with E-state index in [2.05, 4.69) is 24.8 Å². The van der Waals surface area contributed by atoms with Gasteiger partial charge in [-0.05, 0) is 24.0 Å². The highest BCUT2D eigenvalue weighted by Crippen LogP contribution is 2.39.